The summed E-state index contributed by atoms with van der Waals surface area (Å²) in [5.74, 6) is 2.88. The second kappa shape index (κ2) is 12.3. The van der Waals surface area contributed by atoms with Gasteiger partial charge in [0.2, 0.25) is 0 Å². The van der Waals surface area contributed by atoms with Crippen molar-refractivity contribution in [1.82, 2.24) is 35.7 Å². The molecule has 3 aliphatic carbocycles. The molecule has 2 fully saturated rings. The van der Waals surface area contributed by atoms with Gasteiger partial charge in [-0.15, -0.1) is 0 Å². The Kier molecular flexibility index (Phi) is 8.14. The van der Waals surface area contributed by atoms with Gasteiger partial charge in [-0.2, -0.15) is 10.4 Å². The minimum absolute atomic E-state index is 0.00953. The number of carbonyl (C=O) groups excluding carboxylic acids is 1. The number of aromatic amines is 1. The molecule has 0 radical (unpaired) electrons. The van der Waals surface area contributed by atoms with E-state index < -0.39 is 0 Å². The maximum Gasteiger partial charge on any atom is 0.317 e. The first kappa shape index (κ1) is 27.2. The Morgan fingerprint density at radius 2 is 1.80 bits per heavy atom. The van der Waals surface area contributed by atoms with Crippen LogP contribution in [0.1, 0.15) is 85.5 Å². The molecule has 1 atom stereocenters. The summed E-state index contributed by atoms with van der Waals surface area (Å²) in [6.07, 6.45) is 12.4. The van der Waals surface area contributed by atoms with Crippen molar-refractivity contribution in [2.45, 2.75) is 94.8 Å². The molecule has 214 valence electrons. The highest BCUT2D eigenvalue weighted by atomic mass is 16.2. The van der Waals surface area contributed by atoms with E-state index in [4.69, 9.17) is 0 Å². The van der Waals surface area contributed by atoms with E-state index in [-0.39, 0.29) is 18.1 Å². The van der Waals surface area contributed by atoms with Crippen LogP contribution in [-0.4, -0.2) is 56.3 Å². The van der Waals surface area contributed by atoms with Gasteiger partial charge in [-0.25, -0.2) is 14.8 Å². The van der Waals surface area contributed by atoms with Crippen molar-refractivity contribution in [3.63, 3.8) is 0 Å². The Morgan fingerprint density at radius 1 is 1.02 bits per heavy atom. The lowest BCUT2D eigenvalue weighted by molar-refractivity contribution is 0.182. The monoisotopic (exact) mass is 553 g/mol. The van der Waals surface area contributed by atoms with Gasteiger partial charge in [0, 0.05) is 49.0 Å². The second-order valence-corrected chi connectivity index (χ2v) is 11.8. The third-order valence-corrected chi connectivity index (χ3v) is 9.07. The van der Waals surface area contributed by atoms with Crippen molar-refractivity contribution in [3.05, 3.63) is 64.7 Å². The number of rotatable bonds is 8. The number of hydrogen-bond donors (Lipinski definition) is 4. The Hall–Kier alpha value is -3.97. The number of hydrogen-bond acceptors (Lipinski definition) is 7. The average Bonchev–Trinajstić information content (AvgIpc) is 3.77. The van der Waals surface area contributed by atoms with Crippen molar-refractivity contribution >= 4 is 17.7 Å². The van der Waals surface area contributed by atoms with Gasteiger partial charge in [-0.05, 0) is 80.7 Å². The Morgan fingerprint density at radius 3 is 2.61 bits per heavy atom. The molecule has 2 heterocycles. The van der Waals surface area contributed by atoms with E-state index in [2.05, 4.69) is 48.3 Å². The number of fused-ring (bicyclic) bond motifs is 1. The quantitative estimate of drug-likeness (QED) is 0.318. The normalized spacial score (nSPS) is 22.2. The molecular weight excluding hydrogens is 514 g/mol. The van der Waals surface area contributed by atoms with Gasteiger partial charge in [0.05, 0.1) is 18.2 Å². The molecule has 1 unspecified atom stereocenters. The molecule has 6 rings (SSSR count). The predicted molar refractivity (Wildman–Crippen MR) is 157 cm³/mol. The van der Waals surface area contributed by atoms with E-state index in [9.17, 15) is 10.1 Å². The number of carbonyl (C=O) groups is 1. The highest BCUT2D eigenvalue weighted by Gasteiger charge is 2.30. The van der Waals surface area contributed by atoms with Gasteiger partial charge in [-0.3, -0.25) is 5.10 Å². The number of amides is 2. The number of urea groups is 1. The minimum atomic E-state index is -0.00953. The third kappa shape index (κ3) is 6.51. The van der Waals surface area contributed by atoms with Crippen LogP contribution in [-0.2, 0) is 19.4 Å². The summed E-state index contributed by atoms with van der Waals surface area (Å²) >= 11 is 0. The van der Waals surface area contributed by atoms with Crippen LogP contribution in [0.4, 0.5) is 16.4 Å². The van der Waals surface area contributed by atoms with E-state index in [0.29, 0.717) is 24.1 Å². The number of benzene rings is 1. The summed E-state index contributed by atoms with van der Waals surface area (Å²) in [6, 6.07) is 12.7. The largest absolute Gasteiger partial charge is 0.335 e. The van der Waals surface area contributed by atoms with E-state index in [1.807, 2.05) is 36.2 Å². The molecule has 10 nitrogen and oxygen atoms in total. The van der Waals surface area contributed by atoms with Crippen LogP contribution in [0, 0.1) is 11.3 Å². The fourth-order valence-corrected chi connectivity index (χ4v) is 6.59. The number of H-pyrrole nitrogens is 1. The first-order valence-corrected chi connectivity index (χ1v) is 15.0. The Bertz CT molecular complexity index is 1400. The van der Waals surface area contributed by atoms with Crippen molar-refractivity contribution in [3.8, 4) is 6.07 Å². The average molecular weight is 554 g/mol. The number of aromatic nitrogens is 4. The highest BCUT2D eigenvalue weighted by molar-refractivity contribution is 5.75. The first-order chi connectivity index (χ1) is 20.0. The van der Waals surface area contributed by atoms with Crippen LogP contribution in [0.25, 0.3) is 0 Å². The topological polar surface area (TPSA) is 135 Å². The zero-order chi connectivity index (χ0) is 28.2. The molecule has 2 saturated carbocycles. The number of anilines is 2. The lowest BCUT2D eigenvalue weighted by Gasteiger charge is -2.32. The fourth-order valence-electron chi connectivity index (χ4n) is 6.59. The standard InChI is InChI=1S/C31H39N9O/c1-40(26-15-22-7-6-20(18-32)14-23(22)16-26)31(41)35-25-10-8-24(9-11-25)34-19-30-33-13-12-28(37-30)36-29-17-27(38-39-29)21-4-2-3-5-21/h6-7,12-14,17,21,24-26,34H,2-5,8-11,15-16,19H2,1H3,(H,35,41)(H2,33,36,37,38,39). The third-order valence-electron chi connectivity index (χ3n) is 9.07. The molecule has 0 spiro atoms. The lowest BCUT2D eigenvalue weighted by Crippen LogP contribution is -2.49. The Balaban J connectivity index is 0.929. The molecule has 10 heteroatoms. The molecule has 2 amide bonds. The van der Waals surface area contributed by atoms with Crippen LogP contribution in [0.5, 0.6) is 0 Å². The molecule has 41 heavy (non-hydrogen) atoms. The number of nitrogens with zero attached hydrogens (tertiary/aromatic N) is 5. The van der Waals surface area contributed by atoms with Crippen LogP contribution < -0.4 is 16.0 Å². The zero-order valence-electron chi connectivity index (χ0n) is 23.7. The number of likely N-dealkylation sites (N-methyl/N-ethyl adjacent to an activating group) is 1. The molecule has 3 aromatic rings. The second-order valence-electron chi connectivity index (χ2n) is 11.8. The van der Waals surface area contributed by atoms with E-state index in [1.165, 1.54) is 42.5 Å². The maximum absolute atomic E-state index is 13.0. The van der Waals surface area contributed by atoms with Gasteiger partial charge in [0.15, 0.2) is 5.82 Å². The van der Waals surface area contributed by atoms with Gasteiger partial charge in [-0.1, -0.05) is 18.9 Å². The number of nitrogens with one attached hydrogen (secondary N) is 4. The molecule has 2 aromatic heterocycles. The van der Waals surface area contributed by atoms with E-state index in [0.717, 1.165) is 56.0 Å². The van der Waals surface area contributed by atoms with Crippen LogP contribution in [0.15, 0.2) is 36.5 Å². The van der Waals surface area contributed by atoms with Crippen LogP contribution in [0.3, 0.4) is 0 Å². The van der Waals surface area contributed by atoms with Gasteiger partial charge in [0.1, 0.15) is 11.6 Å². The van der Waals surface area contributed by atoms with Gasteiger partial charge >= 0.3 is 6.03 Å². The van der Waals surface area contributed by atoms with Crippen molar-refractivity contribution in [1.29, 1.82) is 5.26 Å². The number of nitriles is 1. The summed E-state index contributed by atoms with van der Waals surface area (Å²) in [5.41, 5.74) is 4.30. The van der Waals surface area contributed by atoms with Crippen LogP contribution in [0.2, 0.25) is 0 Å². The molecule has 0 bridgehead atoms. The summed E-state index contributed by atoms with van der Waals surface area (Å²) in [4.78, 5) is 24.0. The van der Waals surface area contributed by atoms with Gasteiger partial charge in [0.25, 0.3) is 0 Å². The maximum atomic E-state index is 13.0. The fraction of sp³-hybridized carbons (Fsp3) is 0.516. The predicted octanol–water partition coefficient (Wildman–Crippen LogP) is 4.68. The SMILES string of the molecule is CN(C(=O)NC1CCC(NCc2nccc(Nc3cc(C4CCCC4)[nH]n3)n2)CC1)C1Cc2ccc(C#N)cc2C1. The summed E-state index contributed by atoms with van der Waals surface area (Å²) in [6.45, 7) is 0.601. The smallest absolute Gasteiger partial charge is 0.317 e. The molecule has 3 aliphatic rings. The molecule has 4 N–H and O–H groups in total. The summed E-state index contributed by atoms with van der Waals surface area (Å²) < 4.78 is 0. The lowest BCUT2D eigenvalue weighted by atomic mass is 9.91. The minimum Gasteiger partial charge on any atom is -0.335 e. The van der Waals surface area contributed by atoms with E-state index in [1.54, 1.807) is 6.20 Å². The molecule has 0 aliphatic heterocycles. The molecule has 0 saturated heterocycles. The van der Waals surface area contributed by atoms with Crippen molar-refractivity contribution in [2.75, 3.05) is 12.4 Å². The van der Waals surface area contributed by atoms with E-state index >= 15 is 0 Å². The molecule has 1 aromatic carbocycles. The first-order valence-electron chi connectivity index (χ1n) is 15.0. The highest BCUT2D eigenvalue weighted by Crippen LogP contribution is 2.34. The van der Waals surface area contributed by atoms with Crippen molar-refractivity contribution < 1.29 is 4.79 Å². The van der Waals surface area contributed by atoms with Crippen LogP contribution >= 0.6 is 0 Å². The summed E-state index contributed by atoms with van der Waals surface area (Å²) in [7, 11) is 1.88. The molecular formula is C31H39N9O. The zero-order valence-corrected chi connectivity index (χ0v) is 23.7. The van der Waals surface area contributed by atoms with Gasteiger partial charge < -0.3 is 20.9 Å². The summed E-state index contributed by atoms with van der Waals surface area (Å²) in [5, 5.41) is 27.0. The van der Waals surface area contributed by atoms with Crippen molar-refractivity contribution in [2.24, 2.45) is 0 Å². The Labute approximate surface area is 241 Å².